The standard InChI is InChI=1S/Al.5ClO.Fe/c;5*1-2;/q+3;5*-1;+2. The molecule has 0 heterocycles. The smallest absolute Gasteiger partial charge is 0.769 e. The van der Waals surface area contributed by atoms with E-state index in [4.69, 9.17) is 23.3 Å². The first-order chi connectivity index (χ1) is 5.00. The van der Waals surface area contributed by atoms with Crippen LogP contribution in [0.3, 0.4) is 0 Å². The number of hydrogen-bond acceptors (Lipinski definition) is 5. The first kappa shape index (κ1) is 47.5. The number of rotatable bonds is 0. The van der Waals surface area contributed by atoms with E-state index in [1.165, 1.54) is 0 Å². The van der Waals surface area contributed by atoms with Gasteiger partial charge in [-0.05, 0) is 0 Å². The van der Waals surface area contributed by atoms with Crippen molar-refractivity contribution in [1.29, 1.82) is 0 Å². The first-order valence-electron chi connectivity index (χ1n) is 0.772. The van der Waals surface area contributed by atoms with E-state index in [1.54, 1.807) is 0 Å². The van der Waals surface area contributed by atoms with E-state index < -0.39 is 0 Å². The third kappa shape index (κ3) is 297. The third-order valence-corrected chi connectivity index (χ3v) is 0. The van der Waals surface area contributed by atoms with Gasteiger partial charge < -0.3 is 23.3 Å². The molecule has 0 unspecified atom stereocenters. The average Bonchev–Trinajstić information content (AvgIpc) is 2.20. The Labute approximate surface area is 116 Å². The predicted octanol–water partition coefficient (Wildman–Crippen LogP) is -2.88. The molecule has 76 valence electrons. The second kappa shape index (κ2) is 380. The van der Waals surface area contributed by atoms with E-state index >= 15 is 0 Å². The van der Waals surface area contributed by atoms with E-state index in [-0.39, 0.29) is 34.4 Å². The number of halogens is 5. The maximum Gasteiger partial charge on any atom is 3.00 e. The van der Waals surface area contributed by atoms with Gasteiger partial charge in [0.1, 0.15) is 0 Å². The van der Waals surface area contributed by atoms with Crippen LogP contribution in [0.25, 0.3) is 0 Å². The SMILES string of the molecule is [Al+3].[Fe+2].[O-]Cl.[O-]Cl.[O-]Cl.[O-]Cl.[O-]Cl. The van der Waals surface area contributed by atoms with Crippen LogP contribution in [0.5, 0.6) is 0 Å². The summed E-state index contributed by atoms with van der Waals surface area (Å²) < 4.78 is 38.6. The summed E-state index contributed by atoms with van der Waals surface area (Å²) in [7, 11) is 0. The molecule has 0 radical (unpaired) electrons. The quantitative estimate of drug-likeness (QED) is 0.439. The minimum absolute atomic E-state index is 0. The van der Waals surface area contributed by atoms with Gasteiger partial charge >= 0.3 is 34.4 Å². The molecule has 0 aromatic carbocycles. The van der Waals surface area contributed by atoms with Crippen molar-refractivity contribution in [3.05, 3.63) is 0 Å². The normalized spacial score (nSPS) is 2.50. The Hall–Kier alpha value is 2.30. The van der Waals surface area contributed by atoms with Crippen LogP contribution in [0.15, 0.2) is 0 Å². The fourth-order valence-corrected chi connectivity index (χ4v) is 0. The summed E-state index contributed by atoms with van der Waals surface area (Å²) in [5.74, 6) is 0. The summed E-state index contributed by atoms with van der Waals surface area (Å²) in [6.45, 7) is 0. The van der Waals surface area contributed by atoms with E-state index in [0.29, 0.717) is 0 Å². The van der Waals surface area contributed by atoms with Crippen LogP contribution in [-0.2, 0) is 17.1 Å². The van der Waals surface area contributed by atoms with Gasteiger partial charge in [-0.1, -0.05) is 0 Å². The van der Waals surface area contributed by atoms with E-state index in [2.05, 4.69) is 59.3 Å². The molecule has 0 saturated heterocycles. The van der Waals surface area contributed by atoms with Crippen molar-refractivity contribution in [2.45, 2.75) is 0 Å². The van der Waals surface area contributed by atoms with Gasteiger partial charge in [0.25, 0.3) is 0 Å². The monoisotopic (exact) mass is 338 g/mol. The third-order valence-electron chi connectivity index (χ3n) is 0. The Morgan fingerprint density at radius 3 is 0.417 bits per heavy atom. The zero-order valence-corrected chi connectivity index (χ0v) is 10.9. The Balaban J connectivity index is -0.00000000500. The molecule has 0 saturated carbocycles. The van der Waals surface area contributed by atoms with Gasteiger partial charge in [0.2, 0.25) is 0 Å². The van der Waals surface area contributed by atoms with Crippen LogP contribution >= 0.6 is 59.3 Å². The largest absolute Gasteiger partial charge is 3.00 e. The van der Waals surface area contributed by atoms with Gasteiger partial charge in [-0.25, -0.2) is 59.3 Å². The Bertz CT molecular complexity index is 19.8. The van der Waals surface area contributed by atoms with Crippen LogP contribution in [0.4, 0.5) is 0 Å². The van der Waals surface area contributed by atoms with Crippen molar-refractivity contribution in [1.82, 2.24) is 0 Å². The van der Waals surface area contributed by atoms with Crippen LogP contribution < -0.4 is 23.3 Å². The van der Waals surface area contributed by atoms with Gasteiger partial charge in [0.15, 0.2) is 0 Å². The van der Waals surface area contributed by atoms with E-state index in [0.717, 1.165) is 0 Å². The van der Waals surface area contributed by atoms with Gasteiger partial charge in [0, 0.05) is 0 Å². The molecule has 0 aromatic heterocycles. The molecule has 5 nitrogen and oxygen atoms in total. The van der Waals surface area contributed by atoms with E-state index in [9.17, 15) is 0 Å². The van der Waals surface area contributed by atoms with Crippen LogP contribution in [0.1, 0.15) is 0 Å². The van der Waals surface area contributed by atoms with Crippen molar-refractivity contribution in [2.24, 2.45) is 0 Å². The van der Waals surface area contributed by atoms with Crippen molar-refractivity contribution < 1.29 is 40.4 Å². The van der Waals surface area contributed by atoms with Crippen LogP contribution in [-0.4, -0.2) is 17.4 Å². The minimum atomic E-state index is 0. The zero-order chi connectivity index (χ0) is 10.0. The molecule has 0 aromatic rings. The van der Waals surface area contributed by atoms with Gasteiger partial charge in [-0.2, -0.15) is 0 Å². The van der Waals surface area contributed by atoms with Crippen molar-refractivity contribution >= 4 is 76.7 Å². The van der Waals surface area contributed by atoms with Gasteiger partial charge in [0.05, 0.1) is 0 Å². The fraction of sp³-hybridized carbons (Fsp3) is 0. The molecule has 0 rings (SSSR count). The summed E-state index contributed by atoms with van der Waals surface area (Å²) in [6.07, 6.45) is 0. The van der Waals surface area contributed by atoms with Crippen LogP contribution in [0, 0.1) is 0 Å². The molecule has 0 spiro atoms. The van der Waals surface area contributed by atoms with Crippen LogP contribution in [0.2, 0.25) is 0 Å². The van der Waals surface area contributed by atoms with Gasteiger partial charge in [-0.3, -0.25) is 0 Å². The second-order valence-corrected chi connectivity index (χ2v) is 0. The summed E-state index contributed by atoms with van der Waals surface area (Å²) in [6, 6.07) is 0. The average molecular weight is 340 g/mol. The molecule has 0 aliphatic rings. The maximum atomic E-state index is 7.72. The van der Waals surface area contributed by atoms with Crippen molar-refractivity contribution in [3.8, 4) is 0 Å². The first-order valence-corrected chi connectivity index (χ1v) is 2.31. The molecule has 0 fully saturated rings. The molecule has 0 atom stereocenters. The molecular weight excluding hydrogens is 340 g/mol. The molecule has 12 heteroatoms. The molecular formula is AlCl5FeO5. The second-order valence-electron chi connectivity index (χ2n) is 0. The molecule has 0 amide bonds. The minimum Gasteiger partial charge on any atom is -0.769 e. The van der Waals surface area contributed by atoms with Crippen molar-refractivity contribution in [2.75, 3.05) is 0 Å². The molecule has 0 bridgehead atoms. The molecule has 0 aliphatic heterocycles. The molecule has 12 heavy (non-hydrogen) atoms. The Kier molecular flexibility index (Phi) is 1500. The Morgan fingerprint density at radius 1 is 0.417 bits per heavy atom. The summed E-state index contributed by atoms with van der Waals surface area (Å²) in [5, 5.41) is 0. The molecule has 0 aliphatic carbocycles. The summed E-state index contributed by atoms with van der Waals surface area (Å²) in [5.41, 5.74) is 0. The summed E-state index contributed by atoms with van der Waals surface area (Å²) in [4.78, 5) is 0. The maximum absolute atomic E-state index is 7.72. The number of hydrogen-bond donors (Lipinski definition) is 0. The molecule has 0 N–H and O–H groups in total. The van der Waals surface area contributed by atoms with Crippen molar-refractivity contribution in [3.63, 3.8) is 0 Å². The predicted molar refractivity (Wildman–Crippen MR) is 35.0 cm³/mol. The fourth-order valence-electron chi connectivity index (χ4n) is 0. The van der Waals surface area contributed by atoms with E-state index in [1.807, 2.05) is 0 Å². The summed E-state index contributed by atoms with van der Waals surface area (Å²) >= 11 is 16.9. The zero-order valence-electron chi connectivity index (χ0n) is 4.86. The Morgan fingerprint density at radius 2 is 0.417 bits per heavy atom. The van der Waals surface area contributed by atoms with Gasteiger partial charge in [-0.15, -0.1) is 0 Å². The topological polar surface area (TPSA) is 115 Å².